The molecule has 2 aliphatic rings. The average Bonchev–Trinajstić information content (AvgIpc) is 3.56. The molecule has 0 spiro atoms. The van der Waals surface area contributed by atoms with Gasteiger partial charge in [-0.05, 0) is 74.7 Å². The fourth-order valence-corrected chi connectivity index (χ4v) is 5.61. The van der Waals surface area contributed by atoms with Crippen LogP contribution in [-0.2, 0) is 6.61 Å². The van der Waals surface area contributed by atoms with Crippen LogP contribution in [0.25, 0.3) is 11.1 Å². The van der Waals surface area contributed by atoms with E-state index in [2.05, 4.69) is 30.2 Å². The van der Waals surface area contributed by atoms with E-state index in [1.54, 1.807) is 6.20 Å². The number of amides is 1. The summed E-state index contributed by atoms with van der Waals surface area (Å²) in [6.45, 7) is 4.04. The van der Waals surface area contributed by atoms with Gasteiger partial charge in [-0.25, -0.2) is 4.98 Å². The Bertz CT molecular complexity index is 1520. The minimum Gasteiger partial charge on any atom is -0.482 e. The molecule has 4 heterocycles. The highest BCUT2D eigenvalue weighted by Crippen LogP contribution is 2.29. The summed E-state index contributed by atoms with van der Waals surface area (Å²) in [6.07, 6.45) is 6.37. The molecule has 0 saturated carbocycles. The van der Waals surface area contributed by atoms with Gasteiger partial charge in [0.05, 0.1) is 0 Å². The zero-order valence-electron chi connectivity index (χ0n) is 23.4. The van der Waals surface area contributed by atoms with Crippen molar-refractivity contribution in [1.82, 2.24) is 29.7 Å². The number of hydrogen-bond donors (Lipinski definition) is 3. The quantitative estimate of drug-likeness (QED) is 0.285. The molecule has 11 nitrogen and oxygen atoms in total. The molecular formula is C31H35N9O2. The zero-order chi connectivity index (χ0) is 28.9. The summed E-state index contributed by atoms with van der Waals surface area (Å²) in [7, 11) is 0. The number of carbonyl (C=O) groups excluding carboxylic acids is 1. The molecule has 216 valence electrons. The van der Waals surface area contributed by atoms with Crippen LogP contribution in [0.5, 0.6) is 5.75 Å². The lowest BCUT2D eigenvalue weighted by molar-refractivity contribution is 0.0644. The molecule has 42 heavy (non-hydrogen) atoms. The molecule has 11 heteroatoms. The van der Waals surface area contributed by atoms with Crippen molar-refractivity contribution in [2.75, 3.05) is 43.0 Å². The first kappa shape index (κ1) is 27.4. The first-order chi connectivity index (χ1) is 20.5. The predicted octanol–water partition coefficient (Wildman–Crippen LogP) is 4.12. The van der Waals surface area contributed by atoms with Crippen molar-refractivity contribution in [3.8, 4) is 16.9 Å². The number of hydrogen-bond acceptors (Lipinski definition) is 10. The molecule has 2 aliphatic heterocycles. The van der Waals surface area contributed by atoms with E-state index in [0.717, 1.165) is 42.7 Å². The van der Waals surface area contributed by atoms with Gasteiger partial charge < -0.3 is 31.3 Å². The van der Waals surface area contributed by atoms with Crippen LogP contribution in [0.4, 0.5) is 23.4 Å². The van der Waals surface area contributed by atoms with Gasteiger partial charge >= 0.3 is 0 Å². The van der Waals surface area contributed by atoms with E-state index in [-0.39, 0.29) is 24.3 Å². The number of para-hydroxylation sites is 1. The standard InChI is InChI=1S/C31H35N9O2/c32-28-26(42-20-27-36-30(33)38-31(37-27)35-24-6-2-1-3-7-24)18-23(19-34-28)21-8-10-22(11-9-21)29(41)40-16-12-25(13-17-40)39-14-4-5-15-39/h1-3,6-11,18-19,25H,4-5,12-17,20H2,(H2,32,34)(H3,33,35,36,37,38). The monoisotopic (exact) mass is 565 g/mol. The molecule has 6 rings (SSSR count). The summed E-state index contributed by atoms with van der Waals surface area (Å²) >= 11 is 0. The SMILES string of the molecule is Nc1nc(COc2cc(-c3ccc(C(=O)N4CCC(N5CCCC5)CC4)cc3)cnc2N)nc(Nc2ccccc2)n1. The van der Waals surface area contributed by atoms with E-state index < -0.39 is 0 Å². The van der Waals surface area contributed by atoms with E-state index >= 15 is 0 Å². The third kappa shape index (κ3) is 6.41. The third-order valence-corrected chi connectivity index (χ3v) is 7.84. The number of anilines is 4. The van der Waals surface area contributed by atoms with Crippen LogP contribution in [-0.4, -0.2) is 67.9 Å². The second-order valence-electron chi connectivity index (χ2n) is 10.7. The number of nitrogens with zero attached hydrogens (tertiary/aromatic N) is 6. The summed E-state index contributed by atoms with van der Waals surface area (Å²) in [5.41, 5.74) is 15.2. The maximum Gasteiger partial charge on any atom is 0.253 e. The van der Waals surface area contributed by atoms with E-state index in [1.165, 1.54) is 25.9 Å². The Morgan fingerprint density at radius 2 is 1.64 bits per heavy atom. The minimum absolute atomic E-state index is 0.0212. The maximum atomic E-state index is 13.2. The summed E-state index contributed by atoms with van der Waals surface area (Å²) in [4.78, 5) is 34.8. The number of pyridine rings is 1. The topological polar surface area (TPSA) is 148 Å². The van der Waals surface area contributed by atoms with Gasteiger partial charge in [-0.3, -0.25) is 4.79 Å². The Hall–Kier alpha value is -4.77. The van der Waals surface area contributed by atoms with Gasteiger partial charge in [0, 0.05) is 42.1 Å². The van der Waals surface area contributed by atoms with Crippen LogP contribution in [0, 0.1) is 0 Å². The predicted molar refractivity (Wildman–Crippen MR) is 162 cm³/mol. The number of benzene rings is 2. The average molecular weight is 566 g/mol. The third-order valence-electron chi connectivity index (χ3n) is 7.84. The zero-order valence-corrected chi connectivity index (χ0v) is 23.4. The Balaban J connectivity index is 1.09. The first-order valence-corrected chi connectivity index (χ1v) is 14.4. The fourth-order valence-electron chi connectivity index (χ4n) is 5.61. The fraction of sp³-hybridized carbons (Fsp3) is 0.323. The molecule has 0 radical (unpaired) electrons. The molecule has 2 aromatic heterocycles. The van der Waals surface area contributed by atoms with Crippen LogP contribution in [0.2, 0.25) is 0 Å². The van der Waals surface area contributed by atoms with Crippen LogP contribution in [0.1, 0.15) is 41.9 Å². The molecule has 5 N–H and O–H groups in total. The number of carbonyl (C=O) groups is 1. The smallest absolute Gasteiger partial charge is 0.253 e. The molecule has 0 atom stereocenters. The Kier molecular flexibility index (Phi) is 8.09. The number of nitrogen functional groups attached to an aromatic ring is 2. The van der Waals surface area contributed by atoms with Gasteiger partial charge in [-0.15, -0.1) is 0 Å². The highest BCUT2D eigenvalue weighted by Gasteiger charge is 2.28. The Morgan fingerprint density at radius 1 is 0.905 bits per heavy atom. The number of likely N-dealkylation sites (tertiary alicyclic amines) is 2. The lowest BCUT2D eigenvalue weighted by Crippen LogP contribution is -2.45. The maximum absolute atomic E-state index is 13.2. The van der Waals surface area contributed by atoms with Gasteiger partial charge in [-0.2, -0.15) is 15.0 Å². The summed E-state index contributed by atoms with van der Waals surface area (Å²) in [6, 6.07) is 19.6. The molecule has 0 aliphatic carbocycles. The van der Waals surface area contributed by atoms with Gasteiger partial charge in [0.1, 0.15) is 6.61 Å². The lowest BCUT2D eigenvalue weighted by Gasteiger charge is -2.36. The molecule has 4 aromatic rings. The van der Waals surface area contributed by atoms with Gasteiger partial charge in [0.25, 0.3) is 5.91 Å². The van der Waals surface area contributed by atoms with Crippen molar-refractivity contribution in [1.29, 1.82) is 0 Å². The first-order valence-electron chi connectivity index (χ1n) is 14.4. The van der Waals surface area contributed by atoms with Crippen molar-refractivity contribution in [2.45, 2.75) is 38.3 Å². The lowest BCUT2D eigenvalue weighted by atomic mass is 10.0. The molecular weight excluding hydrogens is 530 g/mol. The van der Waals surface area contributed by atoms with E-state index in [4.69, 9.17) is 16.2 Å². The van der Waals surface area contributed by atoms with E-state index in [9.17, 15) is 4.79 Å². The normalized spacial score (nSPS) is 16.0. The van der Waals surface area contributed by atoms with Crippen molar-refractivity contribution >= 4 is 29.3 Å². The van der Waals surface area contributed by atoms with Gasteiger partial charge in [0.2, 0.25) is 11.9 Å². The number of nitrogens with two attached hydrogens (primary N) is 2. The molecule has 0 unspecified atom stereocenters. The Morgan fingerprint density at radius 3 is 2.38 bits per heavy atom. The van der Waals surface area contributed by atoms with Crippen molar-refractivity contribution in [3.05, 3.63) is 78.2 Å². The van der Waals surface area contributed by atoms with Gasteiger partial charge in [0.15, 0.2) is 17.4 Å². The van der Waals surface area contributed by atoms with E-state index in [1.807, 2.05) is 65.6 Å². The highest BCUT2D eigenvalue weighted by molar-refractivity contribution is 5.94. The highest BCUT2D eigenvalue weighted by atomic mass is 16.5. The van der Waals surface area contributed by atoms with Crippen molar-refractivity contribution in [3.63, 3.8) is 0 Å². The van der Waals surface area contributed by atoms with Gasteiger partial charge in [-0.1, -0.05) is 30.3 Å². The molecule has 2 saturated heterocycles. The van der Waals surface area contributed by atoms with Crippen LogP contribution < -0.4 is 21.5 Å². The molecule has 0 bridgehead atoms. The van der Waals surface area contributed by atoms with Crippen LogP contribution in [0.3, 0.4) is 0 Å². The number of piperidine rings is 1. The molecule has 1 amide bonds. The number of ether oxygens (including phenoxy) is 1. The summed E-state index contributed by atoms with van der Waals surface area (Å²) < 4.78 is 5.94. The molecule has 2 aromatic carbocycles. The second-order valence-corrected chi connectivity index (χ2v) is 10.7. The van der Waals surface area contributed by atoms with Crippen molar-refractivity contribution in [2.24, 2.45) is 0 Å². The van der Waals surface area contributed by atoms with Crippen LogP contribution in [0.15, 0.2) is 66.9 Å². The number of rotatable bonds is 8. The largest absolute Gasteiger partial charge is 0.482 e. The van der Waals surface area contributed by atoms with E-state index in [0.29, 0.717) is 29.1 Å². The Labute approximate surface area is 245 Å². The minimum atomic E-state index is 0.0212. The van der Waals surface area contributed by atoms with Crippen LogP contribution >= 0.6 is 0 Å². The van der Waals surface area contributed by atoms with Crippen molar-refractivity contribution < 1.29 is 9.53 Å². The number of aromatic nitrogens is 4. The number of nitrogens with one attached hydrogen (secondary N) is 1. The summed E-state index contributed by atoms with van der Waals surface area (Å²) in [5.74, 6) is 1.46. The summed E-state index contributed by atoms with van der Waals surface area (Å²) in [5, 5.41) is 3.11. The molecule has 2 fully saturated rings. The second kappa shape index (κ2) is 12.4.